The molecule has 0 aliphatic carbocycles. The van der Waals surface area contributed by atoms with Gasteiger partial charge >= 0.3 is 20.7 Å². The van der Waals surface area contributed by atoms with Gasteiger partial charge in [-0.25, -0.2) is 4.79 Å². The molecule has 1 aromatic carbocycles. The van der Waals surface area contributed by atoms with Gasteiger partial charge in [0.15, 0.2) is 0 Å². The molecule has 0 aliphatic heterocycles. The molecule has 0 aliphatic rings. The zero-order chi connectivity index (χ0) is 18.9. The lowest BCUT2D eigenvalue weighted by Crippen LogP contribution is -2.46. The Morgan fingerprint density at radius 3 is 2.08 bits per heavy atom. The van der Waals surface area contributed by atoms with Crippen molar-refractivity contribution in [2.45, 2.75) is 24.9 Å². The molecular weight excluding hydrogens is 346 g/mol. The number of hydrogen-bond acceptors (Lipinski definition) is 6. The maximum absolute atomic E-state index is 11.6. The van der Waals surface area contributed by atoms with Crippen LogP contribution in [0, 0.1) is 0 Å². The predicted octanol–water partition coefficient (Wildman–Crippen LogP) is 1.69. The van der Waals surface area contributed by atoms with Crippen LogP contribution in [0.3, 0.4) is 0 Å². The molecular formula is C16H25NO7Si. The highest BCUT2D eigenvalue weighted by Crippen LogP contribution is 2.22. The van der Waals surface area contributed by atoms with Crippen LogP contribution in [0.4, 0.5) is 5.69 Å². The van der Waals surface area contributed by atoms with E-state index in [4.69, 9.17) is 18.4 Å². The SMILES string of the molecule is CO[Si](CCCN(c1ccccc1)C(CC(=O)O)C(=O)O)(OC)OC. The van der Waals surface area contributed by atoms with Crippen molar-refractivity contribution in [2.75, 3.05) is 32.8 Å². The number of nitrogens with zero attached hydrogens (tertiary/aromatic N) is 1. The maximum Gasteiger partial charge on any atom is 0.500 e. The van der Waals surface area contributed by atoms with Crippen LogP contribution in [0.15, 0.2) is 30.3 Å². The van der Waals surface area contributed by atoms with Gasteiger partial charge in [0, 0.05) is 39.6 Å². The average molecular weight is 371 g/mol. The Morgan fingerprint density at radius 1 is 1.08 bits per heavy atom. The van der Waals surface area contributed by atoms with Crippen LogP contribution in [-0.4, -0.2) is 64.9 Å². The molecule has 0 heterocycles. The summed E-state index contributed by atoms with van der Waals surface area (Å²) in [6.07, 6.45) is 0.0334. The van der Waals surface area contributed by atoms with E-state index < -0.39 is 33.2 Å². The molecule has 0 amide bonds. The number of carboxylic acids is 2. The zero-order valence-corrected chi connectivity index (χ0v) is 15.7. The van der Waals surface area contributed by atoms with Gasteiger partial charge < -0.3 is 28.4 Å². The summed E-state index contributed by atoms with van der Waals surface area (Å²) in [5.41, 5.74) is 0.649. The lowest BCUT2D eigenvalue weighted by Gasteiger charge is -2.31. The second-order valence-corrected chi connectivity index (χ2v) is 8.47. The fourth-order valence-electron chi connectivity index (χ4n) is 2.60. The second kappa shape index (κ2) is 10.1. The van der Waals surface area contributed by atoms with Crippen LogP contribution in [0.1, 0.15) is 12.8 Å². The van der Waals surface area contributed by atoms with Crippen LogP contribution >= 0.6 is 0 Å². The molecule has 25 heavy (non-hydrogen) atoms. The lowest BCUT2D eigenvalue weighted by atomic mass is 10.1. The molecule has 1 atom stereocenters. The van der Waals surface area contributed by atoms with Gasteiger partial charge in [-0.1, -0.05) is 18.2 Å². The van der Waals surface area contributed by atoms with Crippen molar-refractivity contribution in [1.82, 2.24) is 0 Å². The third-order valence-electron chi connectivity index (χ3n) is 3.93. The number of para-hydroxylation sites is 1. The summed E-state index contributed by atoms with van der Waals surface area (Å²) in [4.78, 5) is 24.3. The summed E-state index contributed by atoms with van der Waals surface area (Å²) in [6, 6.07) is 8.20. The minimum absolute atomic E-state index is 0.332. The average Bonchev–Trinajstić information content (AvgIpc) is 2.61. The van der Waals surface area contributed by atoms with Gasteiger partial charge in [-0.3, -0.25) is 4.79 Å². The highest BCUT2D eigenvalue weighted by Gasteiger charge is 2.38. The number of benzene rings is 1. The van der Waals surface area contributed by atoms with Crippen molar-refractivity contribution >= 4 is 26.4 Å². The normalized spacial score (nSPS) is 12.6. The van der Waals surface area contributed by atoms with Crippen molar-refractivity contribution < 1.29 is 33.1 Å². The Balaban J connectivity index is 2.96. The van der Waals surface area contributed by atoms with Crippen molar-refractivity contribution in [2.24, 2.45) is 0 Å². The van der Waals surface area contributed by atoms with E-state index in [9.17, 15) is 14.7 Å². The molecule has 0 radical (unpaired) electrons. The van der Waals surface area contributed by atoms with Crippen molar-refractivity contribution in [3.05, 3.63) is 30.3 Å². The monoisotopic (exact) mass is 371 g/mol. The van der Waals surface area contributed by atoms with E-state index in [-0.39, 0.29) is 0 Å². The third-order valence-corrected chi connectivity index (χ3v) is 6.76. The van der Waals surface area contributed by atoms with Crippen molar-refractivity contribution in [3.63, 3.8) is 0 Å². The van der Waals surface area contributed by atoms with E-state index in [1.807, 2.05) is 6.07 Å². The van der Waals surface area contributed by atoms with E-state index in [1.165, 1.54) is 21.3 Å². The molecule has 8 nitrogen and oxygen atoms in total. The van der Waals surface area contributed by atoms with Gasteiger partial charge in [0.1, 0.15) is 6.04 Å². The summed E-state index contributed by atoms with van der Waals surface area (Å²) in [5.74, 6) is -2.34. The molecule has 2 N–H and O–H groups in total. The van der Waals surface area contributed by atoms with Gasteiger partial charge in [-0.15, -0.1) is 0 Å². The molecule has 1 unspecified atom stereocenters. The fourth-order valence-corrected chi connectivity index (χ4v) is 4.31. The Kier molecular flexibility index (Phi) is 8.56. The third kappa shape index (κ3) is 6.13. The molecule has 1 aromatic rings. The minimum Gasteiger partial charge on any atom is -0.481 e. The van der Waals surface area contributed by atoms with Crippen molar-refractivity contribution in [1.29, 1.82) is 0 Å². The first-order chi connectivity index (χ1) is 11.9. The molecule has 140 valence electrons. The largest absolute Gasteiger partial charge is 0.500 e. The van der Waals surface area contributed by atoms with Crippen molar-refractivity contribution in [3.8, 4) is 0 Å². The van der Waals surface area contributed by atoms with Crippen LogP contribution in [0.5, 0.6) is 0 Å². The summed E-state index contributed by atoms with van der Waals surface area (Å²) < 4.78 is 16.1. The molecule has 0 saturated carbocycles. The van der Waals surface area contributed by atoms with Gasteiger partial charge in [0.2, 0.25) is 0 Å². The quantitative estimate of drug-likeness (QED) is 0.535. The van der Waals surface area contributed by atoms with Gasteiger partial charge in [-0.2, -0.15) is 0 Å². The minimum atomic E-state index is -2.77. The molecule has 0 fully saturated rings. The fraction of sp³-hybridized carbons (Fsp3) is 0.500. The van der Waals surface area contributed by atoms with Gasteiger partial charge in [-0.05, 0) is 18.6 Å². The molecule has 9 heteroatoms. The number of aliphatic carboxylic acids is 2. The standard InChI is InChI=1S/C16H25NO7Si/c1-22-25(23-2,24-3)11-7-10-17(13-8-5-4-6-9-13)14(16(20)21)12-15(18)19/h4-6,8-9,14H,7,10-12H2,1-3H3,(H,18,19)(H,20,21). The number of hydrogen-bond donors (Lipinski definition) is 2. The summed E-state index contributed by atoms with van der Waals surface area (Å²) >= 11 is 0. The summed E-state index contributed by atoms with van der Waals surface area (Å²) in [6.45, 7) is 0.332. The van der Waals surface area contributed by atoms with E-state index in [1.54, 1.807) is 29.2 Å². The lowest BCUT2D eigenvalue weighted by molar-refractivity contribution is -0.145. The number of carbonyl (C=O) groups is 2. The molecule has 1 rings (SSSR count). The van der Waals surface area contributed by atoms with Crippen LogP contribution in [-0.2, 0) is 22.9 Å². The molecule has 0 saturated heterocycles. The van der Waals surface area contributed by atoms with Crippen LogP contribution < -0.4 is 4.90 Å². The van der Waals surface area contributed by atoms with Gasteiger partial charge in [0.25, 0.3) is 0 Å². The Labute approximate surface area is 148 Å². The molecule has 0 bridgehead atoms. The summed E-state index contributed by atoms with van der Waals surface area (Å²) in [5, 5.41) is 18.5. The second-order valence-electron chi connectivity index (χ2n) is 5.38. The Bertz CT molecular complexity index is 542. The first-order valence-corrected chi connectivity index (χ1v) is 9.74. The molecule has 0 spiro atoms. The van der Waals surface area contributed by atoms with Crippen LogP contribution in [0.25, 0.3) is 0 Å². The highest BCUT2D eigenvalue weighted by atomic mass is 28.4. The topological polar surface area (TPSA) is 106 Å². The highest BCUT2D eigenvalue weighted by molar-refractivity contribution is 6.60. The zero-order valence-electron chi connectivity index (χ0n) is 14.7. The number of carboxylic acid groups (broad SMARTS) is 2. The maximum atomic E-state index is 11.6. The Hall–Kier alpha value is -1.94. The van der Waals surface area contributed by atoms with E-state index in [0.717, 1.165) is 0 Å². The summed E-state index contributed by atoms with van der Waals surface area (Å²) in [7, 11) is 1.77. The van der Waals surface area contributed by atoms with E-state index in [2.05, 4.69) is 0 Å². The molecule has 0 aromatic heterocycles. The first-order valence-electron chi connectivity index (χ1n) is 7.81. The van der Waals surface area contributed by atoms with Crippen LogP contribution in [0.2, 0.25) is 6.04 Å². The first kappa shape index (κ1) is 21.1. The number of anilines is 1. The smallest absolute Gasteiger partial charge is 0.481 e. The number of rotatable bonds is 12. The Morgan fingerprint density at radius 2 is 1.64 bits per heavy atom. The van der Waals surface area contributed by atoms with E-state index in [0.29, 0.717) is 24.7 Å². The van der Waals surface area contributed by atoms with Gasteiger partial charge in [0.05, 0.1) is 6.42 Å². The van der Waals surface area contributed by atoms with E-state index >= 15 is 0 Å². The predicted molar refractivity (Wildman–Crippen MR) is 93.7 cm³/mol.